The first kappa shape index (κ1) is 12.6. The molecule has 0 saturated heterocycles. The molecule has 0 bridgehead atoms. The molecule has 1 heteroatoms. The van der Waals surface area contributed by atoms with Gasteiger partial charge < -0.3 is 0 Å². The van der Waals surface area contributed by atoms with Crippen LogP contribution in [0.2, 0.25) is 0 Å². The predicted molar refractivity (Wildman–Crippen MR) is 68.7 cm³/mol. The number of alkyl halides is 1. The topological polar surface area (TPSA) is 0 Å². The molecule has 0 nitrogen and oxygen atoms in total. The summed E-state index contributed by atoms with van der Waals surface area (Å²) in [6.07, 6.45) is 2.14. The van der Waals surface area contributed by atoms with Crippen molar-refractivity contribution in [3.63, 3.8) is 0 Å². The van der Waals surface area contributed by atoms with Gasteiger partial charge in [0, 0.05) is 5.38 Å². The van der Waals surface area contributed by atoms with Crippen molar-refractivity contribution >= 4 is 11.6 Å². The summed E-state index contributed by atoms with van der Waals surface area (Å²) in [5.41, 5.74) is 4.11. The van der Waals surface area contributed by atoms with Crippen LogP contribution >= 0.6 is 11.6 Å². The molecule has 0 aliphatic rings. The van der Waals surface area contributed by atoms with Crippen molar-refractivity contribution in [2.75, 3.05) is 0 Å². The molecule has 0 aliphatic carbocycles. The molecular weight excluding hydrogens is 204 g/mol. The third kappa shape index (κ3) is 3.87. The first-order valence-electron chi connectivity index (χ1n) is 5.74. The Labute approximate surface area is 98.7 Å². The third-order valence-electron chi connectivity index (χ3n) is 2.85. The largest absolute Gasteiger partial charge is 0.123 e. The van der Waals surface area contributed by atoms with Gasteiger partial charge in [0.2, 0.25) is 0 Å². The Morgan fingerprint density at radius 2 is 1.67 bits per heavy atom. The molecule has 0 aromatic heterocycles. The number of halogens is 1. The van der Waals surface area contributed by atoms with Crippen LogP contribution in [0.5, 0.6) is 0 Å². The number of benzene rings is 1. The average molecular weight is 225 g/mol. The van der Waals surface area contributed by atoms with Crippen molar-refractivity contribution in [1.82, 2.24) is 0 Å². The van der Waals surface area contributed by atoms with Gasteiger partial charge in [-0.3, -0.25) is 0 Å². The Kier molecular flexibility index (Phi) is 4.66. The number of rotatable bonds is 4. The highest BCUT2D eigenvalue weighted by molar-refractivity contribution is 6.20. The molecule has 0 fully saturated rings. The quantitative estimate of drug-likeness (QED) is 0.661. The first-order chi connectivity index (χ1) is 7.02. The molecule has 1 aromatic carbocycles. The smallest absolute Gasteiger partial charge is 0.0362 e. The Bertz CT molecular complexity index is 297. The van der Waals surface area contributed by atoms with E-state index in [1.807, 2.05) is 0 Å². The molecule has 2 unspecified atom stereocenters. The van der Waals surface area contributed by atoms with Crippen LogP contribution in [0.1, 0.15) is 37.0 Å². The lowest BCUT2D eigenvalue weighted by atomic mass is 9.94. The van der Waals surface area contributed by atoms with E-state index in [-0.39, 0.29) is 0 Å². The zero-order valence-electron chi connectivity index (χ0n) is 10.2. The summed E-state index contributed by atoms with van der Waals surface area (Å²) >= 11 is 6.25. The van der Waals surface area contributed by atoms with Gasteiger partial charge in [-0.05, 0) is 38.2 Å². The second-order valence-corrected chi connectivity index (χ2v) is 5.16. The van der Waals surface area contributed by atoms with Gasteiger partial charge in [0.15, 0.2) is 0 Å². The van der Waals surface area contributed by atoms with E-state index < -0.39 is 0 Å². The van der Waals surface area contributed by atoms with E-state index in [2.05, 4.69) is 45.9 Å². The lowest BCUT2D eigenvalue weighted by Gasteiger charge is -2.16. The van der Waals surface area contributed by atoms with Crippen molar-refractivity contribution < 1.29 is 0 Å². The van der Waals surface area contributed by atoms with Gasteiger partial charge in [0.25, 0.3) is 0 Å². The zero-order chi connectivity index (χ0) is 11.4. The highest BCUT2D eigenvalue weighted by Crippen LogP contribution is 2.20. The molecule has 0 saturated carbocycles. The Hall–Kier alpha value is -0.490. The molecule has 15 heavy (non-hydrogen) atoms. The van der Waals surface area contributed by atoms with E-state index in [1.54, 1.807) is 0 Å². The minimum Gasteiger partial charge on any atom is -0.123 e. The molecule has 0 N–H and O–H groups in total. The maximum absolute atomic E-state index is 6.25. The number of hydrogen-bond donors (Lipinski definition) is 0. The second-order valence-electron chi connectivity index (χ2n) is 4.60. The minimum absolute atomic E-state index is 0.297. The predicted octanol–water partition coefficient (Wildman–Crippen LogP) is 4.50. The molecule has 1 rings (SSSR count). The van der Waals surface area contributed by atoms with Crippen LogP contribution in [0, 0.1) is 19.8 Å². The summed E-state index contributed by atoms with van der Waals surface area (Å²) in [7, 11) is 0. The van der Waals surface area contributed by atoms with E-state index in [1.165, 1.54) is 16.7 Å². The SMILES string of the molecule is CCC(Cl)C(C)Cc1cc(C)cc(C)c1. The summed E-state index contributed by atoms with van der Waals surface area (Å²) in [6, 6.07) is 6.75. The van der Waals surface area contributed by atoms with E-state index >= 15 is 0 Å². The standard InChI is InChI=1S/C14H21Cl/c1-5-14(15)12(4)9-13-7-10(2)6-11(3)8-13/h6-8,12,14H,5,9H2,1-4H3. The van der Waals surface area contributed by atoms with Crippen LogP contribution in [0.4, 0.5) is 0 Å². The summed E-state index contributed by atoms with van der Waals surface area (Å²) < 4.78 is 0. The highest BCUT2D eigenvalue weighted by atomic mass is 35.5. The summed E-state index contributed by atoms with van der Waals surface area (Å²) in [5, 5.41) is 0.297. The van der Waals surface area contributed by atoms with Crippen LogP contribution in [0.15, 0.2) is 18.2 Å². The van der Waals surface area contributed by atoms with E-state index in [0.29, 0.717) is 11.3 Å². The third-order valence-corrected chi connectivity index (χ3v) is 3.59. The monoisotopic (exact) mass is 224 g/mol. The maximum atomic E-state index is 6.25. The molecule has 2 atom stereocenters. The minimum atomic E-state index is 0.297. The van der Waals surface area contributed by atoms with Crippen molar-refractivity contribution in [2.24, 2.45) is 5.92 Å². The van der Waals surface area contributed by atoms with Crippen molar-refractivity contribution in [1.29, 1.82) is 0 Å². The fourth-order valence-corrected chi connectivity index (χ4v) is 2.18. The molecule has 0 amide bonds. The summed E-state index contributed by atoms with van der Waals surface area (Å²) in [6.45, 7) is 8.69. The van der Waals surface area contributed by atoms with Crippen LogP contribution in [-0.2, 0) is 6.42 Å². The summed E-state index contributed by atoms with van der Waals surface area (Å²) in [4.78, 5) is 0. The Morgan fingerprint density at radius 1 is 1.13 bits per heavy atom. The molecule has 0 aliphatic heterocycles. The summed E-state index contributed by atoms with van der Waals surface area (Å²) in [5.74, 6) is 0.554. The van der Waals surface area contributed by atoms with Crippen LogP contribution in [0.3, 0.4) is 0 Å². The van der Waals surface area contributed by atoms with E-state index in [0.717, 1.165) is 12.8 Å². The van der Waals surface area contributed by atoms with E-state index in [9.17, 15) is 0 Å². The lowest BCUT2D eigenvalue weighted by molar-refractivity contribution is 0.531. The first-order valence-corrected chi connectivity index (χ1v) is 6.17. The highest BCUT2D eigenvalue weighted by Gasteiger charge is 2.12. The molecule has 1 aromatic rings. The fourth-order valence-electron chi connectivity index (χ4n) is 2.09. The van der Waals surface area contributed by atoms with Gasteiger partial charge in [0.05, 0.1) is 0 Å². The van der Waals surface area contributed by atoms with Gasteiger partial charge in [-0.1, -0.05) is 43.2 Å². The Morgan fingerprint density at radius 3 is 2.13 bits per heavy atom. The average Bonchev–Trinajstić information content (AvgIpc) is 2.14. The normalized spacial score (nSPS) is 15.0. The van der Waals surface area contributed by atoms with Crippen LogP contribution in [0.25, 0.3) is 0 Å². The van der Waals surface area contributed by atoms with Gasteiger partial charge in [0.1, 0.15) is 0 Å². The fraction of sp³-hybridized carbons (Fsp3) is 0.571. The van der Waals surface area contributed by atoms with Gasteiger partial charge in [-0.25, -0.2) is 0 Å². The van der Waals surface area contributed by atoms with Crippen molar-refractivity contribution in [3.05, 3.63) is 34.9 Å². The number of hydrogen-bond acceptors (Lipinski definition) is 0. The maximum Gasteiger partial charge on any atom is 0.0362 e. The Balaban J connectivity index is 2.72. The molecule has 84 valence electrons. The van der Waals surface area contributed by atoms with Gasteiger partial charge >= 0.3 is 0 Å². The lowest BCUT2D eigenvalue weighted by Crippen LogP contribution is -2.13. The zero-order valence-corrected chi connectivity index (χ0v) is 10.9. The van der Waals surface area contributed by atoms with Crippen molar-refractivity contribution in [3.8, 4) is 0 Å². The van der Waals surface area contributed by atoms with Gasteiger partial charge in [-0.2, -0.15) is 0 Å². The van der Waals surface area contributed by atoms with Crippen LogP contribution in [-0.4, -0.2) is 5.38 Å². The second kappa shape index (κ2) is 5.55. The van der Waals surface area contributed by atoms with Gasteiger partial charge in [-0.15, -0.1) is 11.6 Å². The molecular formula is C14H21Cl. The van der Waals surface area contributed by atoms with E-state index in [4.69, 9.17) is 11.6 Å². The molecule has 0 spiro atoms. The number of aryl methyl sites for hydroxylation is 2. The molecule has 0 heterocycles. The van der Waals surface area contributed by atoms with Crippen LogP contribution < -0.4 is 0 Å². The molecule has 0 radical (unpaired) electrons. The van der Waals surface area contributed by atoms with Crippen molar-refractivity contribution in [2.45, 2.75) is 45.9 Å².